The zero-order valence-corrected chi connectivity index (χ0v) is 15.3. The maximum atomic E-state index is 12.5. The number of rotatable bonds is 6. The Morgan fingerprint density at radius 2 is 2.13 bits per heavy atom. The molecule has 128 valence electrons. The van der Waals surface area contributed by atoms with Crippen LogP contribution in [0.4, 0.5) is 0 Å². The fourth-order valence-corrected chi connectivity index (χ4v) is 4.36. The Labute approximate surface area is 144 Å². The summed E-state index contributed by atoms with van der Waals surface area (Å²) in [6.45, 7) is 3.77. The maximum Gasteiger partial charge on any atom is 0.313 e. The van der Waals surface area contributed by atoms with E-state index in [0.29, 0.717) is 0 Å². The van der Waals surface area contributed by atoms with Crippen molar-refractivity contribution in [3.05, 3.63) is 34.3 Å². The highest BCUT2D eigenvalue weighted by molar-refractivity contribution is 9.10. The summed E-state index contributed by atoms with van der Waals surface area (Å²) in [5.41, 5.74) is 6.28. The molecule has 0 bridgehead atoms. The molecule has 3 atom stereocenters. The molecule has 2 rings (SSSR count). The van der Waals surface area contributed by atoms with Gasteiger partial charge in [0.15, 0.2) is 5.37 Å². The normalized spacial score (nSPS) is 24.6. The van der Waals surface area contributed by atoms with E-state index in [0.717, 1.165) is 10.0 Å². The molecule has 0 amide bonds. The lowest BCUT2D eigenvalue weighted by molar-refractivity contribution is -0.148. The van der Waals surface area contributed by atoms with Crippen LogP contribution in [0.5, 0.6) is 0 Å². The van der Waals surface area contributed by atoms with Crippen LogP contribution in [0.15, 0.2) is 28.7 Å². The molecule has 1 heterocycles. The van der Waals surface area contributed by atoms with Crippen molar-refractivity contribution in [1.29, 1.82) is 0 Å². The largest absolute Gasteiger partial charge is 0.466 e. The molecule has 0 saturated carbocycles. The molecule has 7 nitrogen and oxygen atoms in total. The van der Waals surface area contributed by atoms with Crippen molar-refractivity contribution in [2.75, 3.05) is 6.61 Å². The number of carbonyl (C=O) groups is 1. The monoisotopic (exact) mass is 405 g/mol. The summed E-state index contributed by atoms with van der Waals surface area (Å²) in [5, 5.41) is -1.08. The summed E-state index contributed by atoms with van der Waals surface area (Å²) in [6, 6.07) is 6.99. The van der Waals surface area contributed by atoms with E-state index in [4.69, 9.17) is 4.74 Å². The standard InChI is InChI=1S/C14H20BrN3O4S/c1-3-22-14(19)12-9(2)17-18-13(12)23(20,21)16-8-10-5-4-6-11(15)7-10/h4-7,9,12-13,16-18H,3,8H2,1-2H3. The van der Waals surface area contributed by atoms with E-state index in [-0.39, 0.29) is 19.2 Å². The fourth-order valence-electron chi connectivity index (χ4n) is 2.41. The molecular weight excluding hydrogens is 386 g/mol. The number of hydrazine groups is 1. The predicted molar refractivity (Wildman–Crippen MR) is 89.5 cm³/mol. The maximum absolute atomic E-state index is 12.5. The lowest BCUT2D eigenvalue weighted by Gasteiger charge is -2.20. The topological polar surface area (TPSA) is 96.5 Å². The lowest BCUT2D eigenvalue weighted by Crippen LogP contribution is -2.47. The molecule has 3 N–H and O–H groups in total. The summed E-state index contributed by atoms with van der Waals surface area (Å²) < 4.78 is 33.4. The van der Waals surface area contributed by atoms with Crippen molar-refractivity contribution in [1.82, 2.24) is 15.6 Å². The van der Waals surface area contributed by atoms with Crippen LogP contribution < -0.4 is 15.6 Å². The first-order valence-corrected chi connectivity index (χ1v) is 9.59. The molecule has 1 saturated heterocycles. The number of hydrogen-bond acceptors (Lipinski definition) is 6. The minimum absolute atomic E-state index is 0.143. The minimum atomic E-state index is -3.76. The van der Waals surface area contributed by atoms with E-state index in [1.54, 1.807) is 13.8 Å². The van der Waals surface area contributed by atoms with Gasteiger partial charge in [0.05, 0.1) is 6.61 Å². The Morgan fingerprint density at radius 3 is 2.78 bits per heavy atom. The SMILES string of the molecule is CCOC(=O)C1C(C)NNC1S(=O)(=O)NCc1cccc(Br)c1. The van der Waals surface area contributed by atoms with Crippen LogP contribution >= 0.6 is 15.9 Å². The third-order valence-corrected chi connectivity index (χ3v) is 5.70. The molecule has 0 aliphatic carbocycles. The van der Waals surface area contributed by atoms with Gasteiger partial charge in [-0.2, -0.15) is 0 Å². The number of hydrogen-bond donors (Lipinski definition) is 3. The summed E-state index contributed by atoms with van der Waals surface area (Å²) in [5.74, 6) is -1.34. The average molecular weight is 406 g/mol. The van der Waals surface area contributed by atoms with Crippen molar-refractivity contribution in [2.24, 2.45) is 5.92 Å². The number of halogens is 1. The molecule has 1 aromatic carbocycles. The van der Waals surface area contributed by atoms with Gasteiger partial charge in [-0.3, -0.25) is 10.2 Å². The van der Waals surface area contributed by atoms with E-state index in [9.17, 15) is 13.2 Å². The van der Waals surface area contributed by atoms with Gasteiger partial charge in [0.2, 0.25) is 10.0 Å². The molecular formula is C14H20BrN3O4S. The summed E-state index contributed by atoms with van der Waals surface area (Å²) >= 11 is 3.34. The molecule has 1 aliphatic heterocycles. The summed E-state index contributed by atoms with van der Waals surface area (Å²) in [7, 11) is -3.76. The molecule has 0 aromatic heterocycles. The zero-order valence-electron chi connectivity index (χ0n) is 12.9. The number of benzene rings is 1. The van der Waals surface area contributed by atoms with Crippen LogP contribution in [0.25, 0.3) is 0 Å². The molecule has 9 heteroatoms. The first kappa shape index (κ1) is 18.3. The second-order valence-corrected chi connectivity index (χ2v) is 8.07. The highest BCUT2D eigenvalue weighted by Crippen LogP contribution is 2.21. The van der Waals surface area contributed by atoms with Crippen LogP contribution in [0, 0.1) is 5.92 Å². The first-order valence-electron chi connectivity index (χ1n) is 7.25. The Bertz CT molecular complexity index is 668. The fraction of sp³-hybridized carbons (Fsp3) is 0.500. The Kier molecular flexibility index (Phi) is 6.15. The highest BCUT2D eigenvalue weighted by atomic mass is 79.9. The van der Waals surface area contributed by atoms with Gasteiger partial charge in [-0.1, -0.05) is 28.1 Å². The minimum Gasteiger partial charge on any atom is -0.466 e. The van der Waals surface area contributed by atoms with Crippen molar-refractivity contribution in [3.63, 3.8) is 0 Å². The van der Waals surface area contributed by atoms with Crippen molar-refractivity contribution >= 4 is 31.9 Å². The van der Waals surface area contributed by atoms with Crippen LogP contribution in [0.1, 0.15) is 19.4 Å². The van der Waals surface area contributed by atoms with E-state index in [1.165, 1.54) is 0 Å². The van der Waals surface area contributed by atoms with E-state index >= 15 is 0 Å². The van der Waals surface area contributed by atoms with Crippen LogP contribution in [0.3, 0.4) is 0 Å². The van der Waals surface area contributed by atoms with Crippen LogP contribution in [-0.4, -0.2) is 32.4 Å². The Morgan fingerprint density at radius 1 is 1.39 bits per heavy atom. The lowest BCUT2D eigenvalue weighted by atomic mass is 10.0. The van der Waals surface area contributed by atoms with Gasteiger partial charge in [0.25, 0.3) is 0 Å². The predicted octanol–water partition coefficient (Wildman–Crippen LogP) is 0.870. The first-order chi connectivity index (χ1) is 10.8. The number of esters is 1. The van der Waals surface area contributed by atoms with Crippen molar-refractivity contribution < 1.29 is 17.9 Å². The molecule has 0 radical (unpaired) electrons. The van der Waals surface area contributed by atoms with Crippen LogP contribution in [-0.2, 0) is 26.1 Å². The van der Waals surface area contributed by atoms with E-state index in [2.05, 4.69) is 31.5 Å². The second-order valence-electron chi connectivity index (χ2n) is 5.27. The molecule has 1 aromatic rings. The number of ether oxygens (including phenoxy) is 1. The zero-order chi connectivity index (χ0) is 17.0. The van der Waals surface area contributed by atoms with Crippen molar-refractivity contribution in [2.45, 2.75) is 31.8 Å². The molecule has 1 aliphatic rings. The van der Waals surface area contributed by atoms with E-state index < -0.39 is 27.3 Å². The smallest absolute Gasteiger partial charge is 0.313 e. The van der Waals surface area contributed by atoms with Gasteiger partial charge in [0, 0.05) is 17.1 Å². The third kappa shape index (κ3) is 4.51. The van der Waals surface area contributed by atoms with Gasteiger partial charge in [-0.15, -0.1) is 0 Å². The van der Waals surface area contributed by atoms with Crippen LogP contribution in [0.2, 0.25) is 0 Å². The van der Waals surface area contributed by atoms with Gasteiger partial charge in [-0.05, 0) is 31.5 Å². The number of carbonyl (C=O) groups excluding carboxylic acids is 1. The Balaban J connectivity index is 2.10. The van der Waals surface area contributed by atoms with Gasteiger partial charge >= 0.3 is 5.97 Å². The summed E-state index contributed by atoms with van der Waals surface area (Å²) in [4.78, 5) is 12.0. The highest BCUT2D eigenvalue weighted by Gasteiger charge is 2.46. The summed E-state index contributed by atoms with van der Waals surface area (Å²) in [6.07, 6.45) is 0. The van der Waals surface area contributed by atoms with Gasteiger partial charge in [-0.25, -0.2) is 18.6 Å². The molecule has 3 unspecified atom stereocenters. The molecule has 1 fully saturated rings. The van der Waals surface area contributed by atoms with Gasteiger partial charge < -0.3 is 4.74 Å². The molecule has 23 heavy (non-hydrogen) atoms. The second kappa shape index (κ2) is 7.71. The Hall–Kier alpha value is -1.00. The quantitative estimate of drug-likeness (QED) is 0.607. The number of sulfonamides is 1. The number of nitrogens with one attached hydrogen (secondary N) is 3. The molecule has 0 spiro atoms. The average Bonchev–Trinajstić information content (AvgIpc) is 2.88. The van der Waals surface area contributed by atoms with Gasteiger partial charge in [0.1, 0.15) is 5.92 Å². The third-order valence-electron chi connectivity index (χ3n) is 3.58. The van der Waals surface area contributed by atoms with E-state index in [1.807, 2.05) is 24.3 Å². The van der Waals surface area contributed by atoms with Crippen molar-refractivity contribution in [3.8, 4) is 0 Å².